The van der Waals surface area contributed by atoms with E-state index in [1.165, 1.54) is 6.07 Å². The fourth-order valence-corrected chi connectivity index (χ4v) is 1.71. The van der Waals surface area contributed by atoms with Crippen LogP contribution in [0.2, 0.25) is 0 Å². The highest BCUT2D eigenvalue weighted by molar-refractivity contribution is 5.93. The lowest BCUT2D eigenvalue weighted by atomic mass is 10.1. The van der Waals surface area contributed by atoms with Gasteiger partial charge in [0.25, 0.3) is 11.5 Å². The van der Waals surface area contributed by atoms with Crippen molar-refractivity contribution in [3.63, 3.8) is 0 Å². The Morgan fingerprint density at radius 2 is 2.22 bits per heavy atom. The Morgan fingerprint density at radius 3 is 2.78 bits per heavy atom. The van der Waals surface area contributed by atoms with Crippen LogP contribution in [0.1, 0.15) is 42.2 Å². The lowest BCUT2D eigenvalue weighted by Crippen LogP contribution is -2.42. The van der Waals surface area contributed by atoms with Gasteiger partial charge < -0.3 is 16.0 Å². The molecule has 4 N–H and O–H groups in total. The zero-order valence-corrected chi connectivity index (χ0v) is 11.0. The second-order valence-corrected chi connectivity index (χ2v) is 4.43. The van der Waals surface area contributed by atoms with Gasteiger partial charge in [-0.15, -0.1) is 0 Å². The third-order valence-corrected chi connectivity index (χ3v) is 2.83. The molecule has 1 amide bonds. The molecule has 5 heteroatoms. The molecule has 0 bridgehead atoms. The second kappa shape index (κ2) is 6.96. The van der Waals surface area contributed by atoms with Crippen LogP contribution < -0.4 is 16.6 Å². The molecule has 0 saturated heterocycles. The minimum absolute atomic E-state index is 0.0712. The van der Waals surface area contributed by atoms with Crippen LogP contribution in [0.5, 0.6) is 0 Å². The minimum Gasteiger partial charge on any atom is -0.348 e. The summed E-state index contributed by atoms with van der Waals surface area (Å²) in [5.74, 6) is -0.359. The van der Waals surface area contributed by atoms with E-state index in [9.17, 15) is 9.59 Å². The highest BCUT2D eigenvalue weighted by atomic mass is 16.2. The van der Waals surface area contributed by atoms with E-state index in [-0.39, 0.29) is 23.1 Å². The molecule has 0 aliphatic rings. The Morgan fingerprint density at radius 1 is 1.50 bits per heavy atom. The minimum atomic E-state index is -0.362. The molecule has 1 aromatic heterocycles. The van der Waals surface area contributed by atoms with Crippen molar-refractivity contribution in [3.8, 4) is 0 Å². The monoisotopic (exact) mass is 251 g/mol. The summed E-state index contributed by atoms with van der Waals surface area (Å²) in [6, 6.07) is 3.18. The first-order valence-corrected chi connectivity index (χ1v) is 6.29. The van der Waals surface area contributed by atoms with Crippen molar-refractivity contribution in [2.45, 2.75) is 39.2 Å². The molecule has 100 valence electrons. The fourth-order valence-electron chi connectivity index (χ4n) is 1.71. The molecule has 1 heterocycles. The van der Waals surface area contributed by atoms with Gasteiger partial charge in [0.05, 0.1) is 0 Å². The molecular formula is C13H21N3O2. The number of carbonyl (C=O) groups is 1. The summed E-state index contributed by atoms with van der Waals surface area (Å²) in [5, 5.41) is 2.79. The van der Waals surface area contributed by atoms with E-state index in [1.54, 1.807) is 13.0 Å². The number of unbranched alkanes of at least 4 members (excludes halogenated alkanes) is 1. The number of rotatable bonds is 6. The van der Waals surface area contributed by atoms with Gasteiger partial charge in [-0.3, -0.25) is 9.59 Å². The number of hydrogen-bond acceptors (Lipinski definition) is 3. The van der Waals surface area contributed by atoms with Crippen LogP contribution >= 0.6 is 0 Å². The molecule has 5 nitrogen and oxygen atoms in total. The van der Waals surface area contributed by atoms with E-state index in [4.69, 9.17) is 5.73 Å². The van der Waals surface area contributed by atoms with Gasteiger partial charge in [0.15, 0.2) is 0 Å². The van der Waals surface area contributed by atoms with Crippen LogP contribution in [-0.4, -0.2) is 23.5 Å². The van der Waals surface area contributed by atoms with Gasteiger partial charge in [0.2, 0.25) is 0 Å². The number of nitrogens with one attached hydrogen (secondary N) is 2. The second-order valence-electron chi connectivity index (χ2n) is 4.43. The summed E-state index contributed by atoms with van der Waals surface area (Å²) in [5.41, 5.74) is 6.11. The summed E-state index contributed by atoms with van der Waals surface area (Å²) >= 11 is 0. The first kappa shape index (κ1) is 14.4. The molecule has 1 unspecified atom stereocenters. The lowest BCUT2D eigenvalue weighted by molar-refractivity contribution is 0.0934. The van der Waals surface area contributed by atoms with Crippen LogP contribution in [0, 0.1) is 6.92 Å². The van der Waals surface area contributed by atoms with E-state index >= 15 is 0 Å². The van der Waals surface area contributed by atoms with E-state index in [0.717, 1.165) is 25.0 Å². The Bertz CT molecular complexity index is 454. The lowest BCUT2D eigenvalue weighted by Gasteiger charge is -2.16. The predicted molar refractivity (Wildman–Crippen MR) is 71.6 cm³/mol. The number of pyridine rings is 1. The largest absolute Gasteiger partial charge is 0.348 e. The fraction of sp³-hybridized carbons (Fsp3) is 0.538. The quantitative estimate of drug-likeness (QED) is 0.702. The molecule has 18 heavy (non-hydrogen) atoms. The maximum absolute atomic E-state index is 11.9. The molecular weight excluding hydrogens is 230 g/mol. The Labute approximate surface area is 107 Å². The van der Waals surface area contributed by atoms with Gasteiger partial charge in [-0.25, -0.2) is 0 Å². The first-order chi connectivity index (χ1) is 8.58. The van der Waals surface area contributed by atoms with Crippen molar-refractivity contribution in [1.29, 1.82) is 0 Å². The maximum atomic E-state index is 11.9. The van der Waals surface area contributed by atoms with Crippen LogP contribution in [0.25, 0.3) is 0 Å². The highest BCUT2D eigenvalue weighted by Gasteiger charge is 2.14. The first-order valence-electron chi connectivity index (χ1n) is 6.29. The molecule has 1 atom stereocenters. The van der Waals surface area contributed by atoms with Crippen molar-refractivity contribution >= 4 is 5.91 Å². The molecule has 0 saturated carbocycles. The van der Waals surface area contributed by atoms with Crippen molar-refractivity contribution < 1.29 is 4.79 Å². The van der Waals surface area contributed by atoms with Gasteiger partial charge in [-0.05, 0) is 25.5 Å². The van der Waals surface area contributed by atoms with Crippen molar-refractivity contribution in [1.82, 2.24) is 10.3 Å². The third-order valence-electron chi connectivity index (χ3n) is 2.83. The van der Waals surface area contributed by atoms with Crippen LogP contribution in [0.15, 0.2) is 16.9 Å². The normalized spacial score (nSPS) is 12.2. The molecule has 0 radical (unpaired) electrons. The zero-order valence-electron chi connectivity index (χ0n) is 11.0. The van der Waals surface area contributed by atoms with E-state index < -0.39 is 0 Å². The number of carbonyl (C=O) groups excluding carboxylic acids is 1. The number of aromatic nitrogens is 1. The Balaban J connectivity index is 2.71. The smallest absolute Gasteiger partial charge is 0.260 e. The maximum Gasteiger partial charge on any atom is 0.260 e. The predicted octanol–water partition coefficient (Wildman–Crippen LogP) is 0.931. The summed E-state index contributed by atoms with van der Waals surface area (Å²) < 4.78 is 0. The Hall–Kier alpha value is -1.62. The van der Waals surface area contributed by atoms with Crippen LogP contribution in [-0.2, 0) is 0 Å². The molecule has 0 spiro atoms. The molecule has 0 aliphatic heterocycles. The van der Waals surface area contributed by atoms with E-state index in [0.29, 0.717) is 6.54 Å². The average molecular weight is 251 g/mol. The van der Waals surface area contributed by atoms with Gasteiger partial charge in [-0.1, -0.05) is 19.8 Å². The van der Waals surface area contributed by atoms with Crippen molar-refractivity contribution in [2.75, 3.05) is 6.54 Å². The van der Waals surface area contributed by atoms with Crippen LogP contribution in [0.3, 0.4) is 0 Å². The summed E-state index contributed by atoms with van der Waals surface area (Å²) in [6.45, 7) is 4.24. The van der Waals surface area contributed by atoms with Crippen molar-refractivity contribution in [2.24, 2.45) is 5.73 Å². The van der Waals surface area contributed by atoms with Crippen LogP contribution in [0.4, 0.5) is 0 Å². The standard InChI is InChI=1S/C13H21N3O2/c1-3-4-5-10(8-14)16-13(18)11-7-6-9(2)15-12(11)17/h6-7,10H,3-5,8,14H2,1-2H3,(H,15,17)(H,16,18). The number of H-pyrrole nitrogens is 1. The molecule has 1 rings (SSSR count). The van der Waals surface area contributed by atoms with Crippen molar-refractivity contribution in [3.05, 3.63) is 33.7 Å². The number of aromatic amines is 1. The number of amides is 1. The summed E-state index contributed by atoms with van der Waals surface area (Å²) in [4.78, 5) is 26.1. The van der Waals surface area contributed by atoms with E-state index in [1.807, 2.05) is 0 Å². The molecule has 0 aromatic carbocycles. The van der Waals surface area contributed by atoms with Gasteiger partial charge in [-0.2, -0.15) is 0 Å². The van der Waals surface area contributed by atoms with Gasteiger partial charge in [0.1, 0.15) is 5.56 Å². The molecule has 0 fully saturated rings. The van der Waals surface area contributed by atoms with Gasteiger partial charge >= 0.3 is 0 Å². The molecule has 0 aliphatic carbocycles. The summed E-state index contributed by atoms with van der Waals surface area (Å²) in [6.07, 6.45) is 2.90. The number of hydrogen-bond donors (Lipinski definition) is 3. The van der Waals surface area contributed by atoms with Gasteiger partial charge in [0, 0.05) is 18.3 Å². The summed E-state index contributed by atoms with van der Waals surface area (Å²) in [7, 11) is 0. The third kappa shape index (κ3) is 4.00. The number of nitrogens with two attached hydrogens (primary N) is 1. The average Bonchev–Trinajstić information content (AvgIpc) is 2.34. The Kier molecular flexibility index (Phi) is 5.58. The topological polar surface area (TPSA) is 88.0 Å². The van der Waals surface area contributed by atoms with E-state index in [2.05, 4.69) is 17.2 Å². The zero-order chi connectivity index (χ0) is 13.5. The molecule has 1 aromatic rings. The number of aryl methyl sites for hydroxylation is 1. The highest BCUT2D eigenvalue weighted by Crippen LogP contribution is 2.01. The SMILES string of the molecule is CCCCC(CN)NC(=O)c1ccc(C)[nH]c1=O.